The standard InChI is InChI=1S/C18H25N3O/c1-15-17(11-19-20(15)2)13-21(14-18-9-6-10-22-18)12-16-7-4-3-5-8-16/h3-5,7-8,11,18H,6,9-10,12-14H2,1-2H3/t18-/m1/s1. The number of hydrogen-bond acceptors (Lipinski definition) is 3. The number of hydrogen-bond donors (Lipinski definition) is 0. The lowest BCUT2D eigenvalue weighted by molar-refractivity contribution is 0.0678. The average molecular weight is 299 g/mol. The van der Waals surface area contributed by atoms with E-state index in [2.05, 4.69) is 47.3 Å². The minimum atomic E-state index is 0.376. The maximum absolute atomic E-state index is 5.83. The van der Waals surface area contributed by atoms with Crippen LogP contribution in [0.25, 0.3) is 0 Å². The van der Waals surface area contributed by atoms with Crippen molar-refractivity contribution in [2.24, 2.45) is 7.05 Å². The van der Waals surface area contributed by atoms with Gasteiger partial charge in [0.05, 0.1) is 12.3 Å². The Hall–Kier alpha value is -1.65. The van der Waals surface area contributed by atoms with Gasteiger partial charge in [0.2, 0.25) is 0 Å². The van der Waals surface area contributed by atoms with E-state index >= 15 is 0 Å². The van der Waals surface area contributed by atoms with Crippen molar-refractivity contribution < 1.29 is 4.74 Å². The van der Waals surface area contributed by atoms with Gasteiger partial charge < -0.3 is 4.74 Å². The van der Waals surface area contributed by atoms with Crippen LogP contribution in [0.5, 0.6) is 0 Å². The summed E-state index contributed by atoms with van der Waals surface area (Å²) < 4.78 is 7.78. The van der Waals surface area contributed by atoms with Crippen molar-refractivity contribution in [3.8, 4) is 0 Å². The summed E-state index contributed by atoms with van der Waals surface area (Å²) in [6.07, 6.45) is 4.73. The zero-order valence-electron chi connectivity index (χ0n) is 13.5. The molecule has 1 fully saturated rings. The molecule has 2 aromatic rings. The van der Waals surface area contributed by atoms with Crippen molar-refractivity contribution in [1.82, 2.24) is 14.7 Å². The first-order chi connectivity index (χ1) is 10.7. The molecule has 1 atom stereocenters. The highest BCUT2D eigenvalue weighted by Crippen LogP contribution is 2.18. The van der Waals surface area contributed by atoms with Gasteiger partial charge in [-0.25, -0.2) is 0 Å². The van der Waals surface area contributed by atoms with Gasteiger partial charge in [0.15, 0.2) is 0 Å². The van der Waals surface area contributed by atoms with E-state index in [4.69, 9.17) is 4.74 Å². The molecule has 0 N–H and O–H groups in total. The minimum absolute atomic E-state index is 0.376. The maximum atomic E-state index is 5.83. The first-order valence-corrected chi connectivity index (χ1v) is 8.08. The Morgan fingerprint density at radius 1 is 1.27 bits per heavy atom. The Bertz CT molecular complexity index is 588. The maximum Gasteiger partial charge on any atom is 0.0703 e. The molecule has 3 rings (SSSR count). The molecule has 1 aliphatic heterocycles. The molecule has 0 amide bonds. The normalized spacial score (nSPS) is 18.2. The fraction of sp³-hybridized carbons (Fsp3) is 0.500. The molecule has 1 saturated heterocycles. The molecule has 0 spiro atoms. The van der Waals surface area contributed by atoms with Crippen LogP contribution in [-0.4, -0.2) is 33.9 Å². The largest absolute Gasteiger partial charge is 0.377 e. The highest BCUT2D eigenvalue weighted by molar-refractivity contribution is 5.17. The second-order valence-corrected chi connectivity index (χ2v) is 6.17. The molecule has 0 aliphatic carbocycles. The summed E-state index contributed by atoms with van der Waals surface area (Å²) in [4.78, 5) is 2.48. The van der Waals surface area contributed by atoms with E-state index in [0.29, 0.717) is 6.10 Å². The fourth-order valence-corrected chi connectivity index (χ4v) is 3.04. The third-order valence-electron chi connectivity index (χ3n) is 4.47. The van der Waals surface area contributed by atoms with Gasteiger partial charge >= 0.3 is 0 Å². The van der Waals surface area contributed by atoms with E-state index in [1.54, 1.807) is 0 Å². The van der Waals surface area contributed by atoms with Crippen LogP contribution in [-0.2, 0) is 24.9 Å². The molecular weight excluding hydrogens is 274 g/mol. The van der Waals surface area contributed by atoms with Gasteiger partial charge in [-0.15, -0.1) is 0 Å². The Labute approximate surface area is 132 Å². The molecule has 118 valence electrons. The summed E-state index contributed by atoms with van der Waals surface area (Å²) in [5.41, 5.74) is 3.89. The summed E-state index contributed by atoms with van der Waals surface area (Å²) >= 11 is 0. The summed E-state index contributed by atoms with van der Waals surface area (Å²) in [6, 6.07) is 10.7. The first-order valence-electron chi connectivity index (χ1n) is 8.08. The van der Waals surface area contributed by atoms with Crippen LogP contribution < -0.4 is 0 Å². The summed E-state index contributed by atoms with van der Waals surface area (Å²) in [6.45, 7) is 5.91. The van der Waals surface area contributed by atoms with Gasteiger partial charge in [0.1, 0.15) is 0 Å². The topological polar surface area (TPSA) is 30.3 Å². The lowest BCUT2D eigenvalue weighted by Gasteiger charge is -2.25. The fourth-order valence-electron chi connectivity index (χ4n) is 3.04. The Morgan fingerprint density at radius 3 is 2.73 bits per heavy atom. The van der Waals surface area contributed by atoms with Gasteiger partial charge in [-0.3, -0.25) is 9.58 Å². The highest BCUT2D eigenvalue weighted by Gasteiger charge is 2.20. The van der Waals surface area contributed by atoms with E-state index in [1.165, 1.54) is 29.7 Å². The number of rotatable bonds is 6. The number of nitrogens with zero attached hydrogens (tertiary/aromatic N) is 3. The molecule has 4 nitrogen and oxygen atoms in total. The first kappa shape index (κ1) is 15.3. The summed E-state index contributed by atoms with van der Waals surface area (Å²) in [5, 5.41) is 4.37. The second-order valence-electron chi connectivity index (χ2n) is 6.17. The molecule has 0 unspecified atom stereocenters. The molecule has 0 bridgehead atoms. The second kappa shape index (κ2) is 7.07. The highest BCUT2D eigenvalue weighted by atomic mass is 16.5. The predicted molar refractivity (Wildman–Crippen MR) is 87.5 cm³/mol. The third kappa shape index (κ3) is 3.76. The molecule has 1 aliphatic rings. The van der Waals surface area contributed by atoms with E-state index in [0.717, 1.165) is 26.2 Å². The Kier molecular flexibility index (Phi) is 4.90. The van der Waals surface area contributed by atoms with Crippen molar-refractivity contribution in [2.45, 2.75) is 39.0 Å². The van der Waals surface area contributed by atoms with Crippen LogP contribution in [0.3, 0.4) is 0 Å². The van der Waals surface area contributed by atoms with Crippen LogP contribution in [0.15, 0.2) is 36.5 Å². The number of ether oxygens (including phenoxy) is 1. The molecule has 22 heavy (non-hydrogen) atoms. The SMILES string of the molecule is Cc1c(CN(Cc2ccccc2)C[C@H]2CCCO2)cnn1C. The van der Waals surface area contributed by atoms with Crippen molar-refractivity contribution in [3.63, 3.8) is 0 Å². The number of aromatic nitrogens is 2. The quantitative estimate of drug-likeness (QED) is 0.821. The average Bonchev–Trinajstić information content (AvgIpc) is 3.14. The molecule has 0 saturated carbocycles. The molecule has 1 aromatic heterocycles. The lowest BCUT2D eigenvalue weighted by atomic mass is 10.1. The van der Waals surface area contributed by atoms with E-state index in [-0.39, 0.29) is 0 Å². The van der Waals surface area contributed by atoms with Gasteiger partial charge in [-0.1, -0.05) is 30.3 Å². The minimum Gasteiger partial charge on any atom is -0.377 e. The van der Waals surface area contributed by atoms with Gasteiger partial charge in [-0.2, -0.15) is 5.10 Å². The van der Waals surface area contributed by atoms with Crippen molar-refractivity contribution >= 4 is 0 Å². The summed E-state index contributed by atoms with van der Waals surface area (Å²) in [5.74, 6) is 0. The molecule has 0 radical (unpaired) electrons. The molecular formula is C18H25N3O. The zero-order valence-corrected chi connectivity index (χ0v) is 13.5. The number of aryl methyl sites for hydroxylation is 1. The lowest BCUT2D eigenvalue weighted by Crippen LogP contribution is -2.31. The van der Waals surface area contributed by atoms with E-state index < -0.39 is 0 Å². The molecule has 2 heterocycles. The molecule has 1 aromatic carbocycles. The predicted octanol–water partition coefficient (Wildman–Crippen LogP) is 2.91. The van der Waals surface area contributed by atoms with Gasteiger partial charge in [0, 0.05) is 44.5 Å². The van der Waals surface area contributed by atoms with Crippen molar-refractivity contribution in [3.05, 3.63) is 53.3 Å². The Morgan fingerprint density at radius 2 is 2.09 bits per heavy atom. The van der Waals surface area contributed by atoms with E-state index in [9.17, 15) is 0 Å². The van der Waals surface area contributed by atoms with Crippen molar-refractivity contribution in [2.75, 3.05) is 13.2 Å². The van der Waals surface area contributed by atoms with Gasteiger partial charge in [-0.05, 0) is 25.3 Å². The van der Waals surface area contributed by atoms with Crippen molar-refractivity contribution in [1.29, 1.82) is 0 Å². The molecule has 4 heteroatoms. The van der Waals surface area contributed by atoms with Gasteiger partial charge in [0.25, 0.3) is 0 Å². The van der Waals surface area contributed by atoms with Crippen LogP contribution in [0, 0.1) is 6.92 Å². The van der Waals surface area contributed by atoms with E-state index in [1.807, 2.05) is 17.9 Å². The van der Waals surface area contributed by atoms with Crippen LogP contribution in [0.4, 0.5) is 0 Å². The monoisotopic (exact) mass is 299 g/mol. The zero-order chi connectivity index (χ0) is 15.4. The third-order valence-corrected chi connectivity index (χ3v) is 4.47. The smallest absolute Gasteiger partial charge is 0.0703 e. The summed E-state index contributed by atoms with van der Waals surface area (Å²) in [7, 11) is 2.00. The Balaban J connectivity index is 1.71. The van der Waals surface area contributed by atoms with Crippen LogP contribution in [0.2, 0.25) is 0 Å². The van der Waals surface area contributed by atoms with Crippen LogP contribution >= 0.6 is 0 Å². The van der Waals surface area contributed by atoms with Crippen LogP contribution in [0.1, 0.15) is 29.7 Å². The number of benzene rings is 1.